The molecule has 0 heterocycles. The molecular formula is C18H25NO. The summed E-state index contributed by atoms with van der Waals surface area (Å²) in [4.78, 5) is 0. The van der Waals surface area contributed by atoms with Crippen LogP contribution in [-0.4, -0.2) is 12.1 Å². The average Bonchev–Trinajstić information content (AvgIpc) is 2.42. The monoisotopic (exact) mass is 271 g/mol. The molecule has 0 radical (unpaired) electrons. The van der Waals surface area contributed by atoms with Crippen molar-refractivity contribution >= 4 is 10.8 Å². The van der Waals surface area contributed by atoms with Gasteiger partial charge in [-0.25, -0.2) is 0 Å². The summed E-state index contributed by atoms with van der Waals surface area (Å²) in [6, 6.07) is 12.7. The molecule has 2 aromatic carbocycles. The van der Waals surface area contributed by atoms with E-state index in [1.807, 2.05) is 0 Å². The molecule has 0 saturated heterocycles. The first kappa shape index (κ1) is 14.9. The molecule has 20 heavy (non-hydrogen) atoms. The Morgan fingerprint density at radius 1 is 1.05 bits per heavy atom. The second-order valence-electron chi connectivity index (χ2n) is 6.22. The van der Waals surface area contributed by atoms with Crippen molar-refractivity contribution in [3.05, 3.63) is 42.0 Å². The van der Waals surface area contributed by atoms with Gasteiger partial charge >= 0.3 is 0 Å². The van der Waals surface area contributed by atoms with E-state index in [2.05, 4.69) is 69.4 Å². The number of ether oxygens (including phenoxy) is 1. The van der Waals surface area contributed by atoms with Gasteiger partial charge in [-0.2, -0.15) is 0 Å². The Morgan fingerprint density at radius 3 is 2.50 bits per heavy atom. The topological polar surface area (TPSA) is 21.3 Å². The molecule has 2 heteroatoms. The number of rotatable bonds is 5. The van der Waals surface area contributed by atoms with E-state index in [4.69, 9.17) is 4.74 Å². The molecule has 0 amide bonds. The lowest BCUT2D eigenvalue weighted by atomic mass is 10.0. The van der Waals surface area contributed by atoms with Gasteiger partial charge in [0.2, 0.25) is 0 Å². The first-order valence-electron chi connectivity index (χ1n) is 7.40. The first-order valence-corrected chi connectivity index (χ1v) is 7.40. The zero-order chi connectivity index (χ0) is 14.6. The van der Waals surface area contributed by atoms with Crippen molar-refractivity contribution in [1.82, 2.24) is 5.32 Å². The van der Waals surface area contributed by atoms with Crippen molar-refractivity contribution in [2.45, 2.75) is 46.2 Å². The summed E-state index contributed by atoms with van der Waals surface area (Å²) in [5.74, 6) is 1.00. The van der Waals surface area contributed by atoms with Crippen LogP contribution in [0.2, 0.25) is 0 Å². The molecule has 1 N–H and O–H groups in total. The molecule has 0 fully saturated rings. The summed E-state index contributed by atoms with van der Waals surface area (Å²) >= 11 is 0. The molecule has 108 valence electrons. The molecule has 2 aromatic rings. The molecule has 0 aliphatic heterocycles. The highest BCUT2D eigenvalue weighted by molar-refractivity contribution is 5.87. The summed E-state index contributed by atoms with van der Waals surface area (Å²) in [7, 11) is 0. The summed E-state index contributed by atoms with van der Waals surface area (Å²) in [5.41, 5.74) is 1.35. The third-order valence-corrected chi connectivity index (χ3v) is 3.25. The first-order chi connectivity index (χ1) is 9.51. The minimum Gasteiger partial charge on any atom is -0.493 e. The van der Waals surface area contributed by atoms with Crippen molar-refractivity contribution in [2.24, 2.45) is 0 Å². The largest absolute Gasteiger partial charge is 0.493 e. The van der Waals surface area contributed by atoms with Gasteiger partial charge in [0.1, 0.15) is 5.75 Å². The molecule has 0 unspecified atom stereocenters. The van der Waals surface area contributed by atoms with Gasteiger partial charge in [-0.05, 0) is 44.0 Å². The minimum atomic E-state index is 0.0962. The van der Waals surface area contributed by atoms with Crippen LogP contribution in [0.3, 0.4) is 0 Å². The van der Waals surface area contributed by atoms with Gasteiger partial charge in [0.15, 0.2) is 0 Å². The van der Waals surface area contributed by atoms with E-state index in [1.165, 1.54) is 16.3 Å². The van der Waals surface area contributed by atoms with Crippen molar-refractivity contribution in [1.29, 1.82) is 0 Å². The predicted octanol–water partition coefficient (Wildman–Crippen LogP) is 4.52. The smallest absolute Gasteiger partial charge is 0.124 e. The Kier molecular flexibility index (Phi) is 4.66. The highest BCUT2D eigenvalue weighted by Crippen LogP contribution is 2.28. The predicted molar refractivity (Wildman–Crippen MR) is 86.3 cm³/mol. The van der Waals surface area contributed by atoms with Gasteiger partial charge in [0, 0.05) is 17.6 Å². The molecule has 0 bridgehead atoms. The van der Waals surface area contributed by atoms with Gasteiger partial charge in [0.25, 0.3) is 0 Å². The molecule has 0 atom stereocenters. The molecule has 0 aliphatic rings. The van der Waals surface area contributed by atoms with Gasteiger partial charge in [-0.15, -0.1) is 0 Å². The van der Waals surface area contributed by atoms with Crippen LogP contribution >= 0.6 is 0 Å². The SMILES string of the molecule is CCCOc1ccc2ccccc2c1CNC(C)(C)C. The van der Waals surface area contributed by atoms with Crippen molar-refractivity contribution in [3.63, 3.8) is 0 Å². The number of benzene rings is 2. The molecule has 0 spiro atoms. The maximum absolute atomic E-state index is 5.92. The Hall–Kier alpha value is -1.54. The zero-order valence-corrected chi connectivity index (χ0v) is 13.0. The van der Waals surface area contributed by atoms with Crippen molar-refractivity contribution in [2.75, 3.05) is 6.61 Å². The number of hydrogen-bond acceptors (Lipinski definition) is 2. The van der Waals surface area contributed by atoms with Crippen LogP contribution in [0.1, 0.15) is 39.7 Å². The second-order valence-corrected chi connectivity index (χ2v) is 6.22. The maximum Gasteiger partial charge on any atom is 0.124 e. The van der Waals surface area contributed by atoms with E-state index in [-0.39, 0.29) is 5.54 Å². The van der Waals surface area contributed by atoms with E-state index in [9.17, 15) is 0 Å². The Morgan fingerprint density at radius 2 is 1.80 bits per heavy atom. The lowest BCUT2D eigenvalue weighted by Gasteiger charge is -2.22. The van der Waals surface area contributed by atoms with E-state index in [0.717, 1.165) is 25.3 Å². The standard InChI is InChI=1S/C18H25NO/c1-5-12-20-17-11-10-14-8-6-7-9-15(14)16(17)13-19-18(2,3)4/h6-11,19H,5,12-13H2,1-4H3. The second kappa shape index (κ2) is 6.27. The van der Waals surface area contributed by atoms with Gasteiger partial charge in [0.05, 0.1) is 6.61 Å². The van der Waals surface area contributed by atoms with Crippen LogP contribution in [0, 0.1) is 0 Å². The lowest BCUT2D eigenvalue weighted by Crippen LogP contribution is -2.35. The van der Waals surface area contributed by atoms with Crippen LogP contribution in [0.5, 0.6) is 5.75 Å². The highest BCUT2D eigenvalue weighted by atomic mass is 16.5. The molecule has 0 aromatic heterocycles. The summed E-state index contributed by atoms with van der Waals surface area (Å²) < 4.78 is 5.92. The zero-order valence-electron chi connectivity index (χ0n) is 13.0. The number of nitrogens with one attached hydrogen (secondary N) is 1. The van der Waals surface area contributed by atoms with E-state index in [1.54, 1.807) is 0 Å². The quantitative estimate of drug-likeness (QED) is 0.863. The third kappa shape index (κ3) is 3.73. The van der Waals surface area contributed by atoms with E-state index in [0.29, 0.717) is 0 Å². The van der Waals surface area contributed by atoms with Crippen LogP contribution in [0.25, 0.3) is 10.8 Å². The Bertz CT molecular complexity index is 569. The fourth-order valence-corrected chi connectivity index (χ4v) is 2.20. The van der Waals surface area contributed by atoms with Gasteiger partial charge in [-0.1, -0.05) is 37.3 Å². The van der Waals surface area contributed by atoms with Gasteiger partial charge in [-0.3, -0.25) is 0 Å². The summed E-state index contributed by atoms with van der Waals surface area (Å²) in [5, 5.41) is 6.11. The number of hydrogen-bond donors (Lipinski definition) is 1. The Balaban J connectivity index is 2.38. The Labute approximate surface area is 122 Å². The molecule has 2 rings (SSSR count). The minimum absolute atomic E-state index is 0.0962. The van der Waals surface area contributed by atoms with E-state index >= 15 is 0 Å². The molecule has 0 saturated carbocycles. The van der Waals surface area contributed by atoms with E-state index < -0.39 is 0 Å². The molecular weight excluding hydrogens is 246 g/mol. The van der Waals surface area contributed by atoms with Crippen molar-refractivity contribution in [3.8, 4) is 5.75 Å². The number of fused-ring (bicyclic) bond motifs is 1. The maximum atomic E-state index is 5.92. The third-order valence-electron chi connectivity index (χ3n) is 3.25. The molecule has 0 aliphatic carbocycles. The lowest BCUT2D eigenvalue weighted by molar-refractivity contribution is 0.312. The van der Waals surface area contributed by atoms with Crippen molar-refractivity contribution < 1.29 is 4.74 Å². The average molecular weight is 271 g/mol. The van der Waals surface area contributed by atoms with Crippen LogP contribution in [0.4, 0.5) is 0 Å². The normalized spacial score (nSPS) is 11.8. The van der Waals surface area contributed by atoms with Crippen LogP contribution in [0.15, 0.2) is 36.4 Å². The van der Waals surface area contributed by atoms with Crippen LogP contribution in [-0.2, 0) is 6.54 Å². The summed E-state index contributed by atoms with van der Waals surface area (Å²) in [6.07, 6.45) is 1.03. The fourth-order valence-electron chi connectivity index (χ4n) is 2.20. The van der Waals surface area contributed by atoms with Gasteiger partial charge < -0.3 is 10.1 Å². The summed E-state index contributed by atoms with van der Waals surface area (Å²) in [6.45, 7) is 10.3. The molecule has 2 nitrogen and oxygen atoms in total. The highest BCUT2D eigenvalue weighted by Gasteiger charge is 2.13. The fraction of sp³-hybridized carbons (Fsp3) is 0.444. The van der Waals surface area contributed by atoms with Crippen LogP contribution < -0.4 is 10.1 Å².